The zero-order chi connectivity index (χ0) is 23.1. The van der Waals surface area contributed by atoms with Crippen molar-refractivity contribution in [1.82, 2.24) is 0 Å². The summed E-state index contributed by atoms with van der Waals surface area (Å²) < 4.78 is 20.7. The number of methoxy groups -OCH3 is 4. The summed E-state index contributed by atoms with van der Waals surface area (Å²) in [5.41, 5.74) is 0.319. The minimum Gasteiger partial charge on any atom is -0.497 e. The predicted octanol–water partition coefficient (Wildman–Crippen LogP) is 4.71. The third-order valence-corrected chi connectivity index (χ3v) is 4.76. The monoisotopic (exact) mass is 469 g/mol. The maximum atomic E-state index is 12.8. The fourth-order valence-corrected chi connectivity index (χ4v) is 3.12. The van der Waals surface area contributed by atoms with E-state index in [0.717, 1.165) is 0 Å². The van der Waals surface area contributed by atoms with Crippen LogP contribution in [0.3, 0.4) is 0 Å². The van der Waals surface area contributed by atoms with Crippen molar-refractivity contribution in [2.75, 3.05) is 33.8 Å². The molecule has 2 aromatic rings. The quantitative estimate of drug-likeness (QED) is 0.420. The van der Waals surface area contributed by atoms with Crippen molar-refractivity contribution in [3.8, 4) is 23.0 Å². The van der Waals surface area contributed by atoms with Crippen LogP contribution in [0.1, 0.15) is 6.92 Å². The molecule has 11 heteroatoms. The molecule has 1 atom stereocenters. The Labute approximate surface area is 189 Å². The number of nitrogens with one attached hydrogen (secondary N) is 1. The number of ketones is 1. The summed E-state index contributed by atoms with van der Waals surface area (Å²) in [5.74, 6) is -0.109. The number of ether oxygens (including phenoxy) is 4. The van der Waals surface area contributed by atoms with E-state index in [1.54, 1.807) is 12.1 Å². The molecular weight excluding hydrogens is 449 g/mol. The molecule has 0 saturated heterocycles. The van der Waals surface area contributed by atoms with Gasteiger partial charge in [0, 0.05) is 12.1 Å². The number of halogens is 2. The molecular formula is C20H21Cl2N3O6. The first-order chi connectivity index (χ1) is 14.8. The second-order valence-electron chi connectivity index (χ2n) is 6.04. The second-order valence-corrected chi connectivity index (χ2v) is 6.82. The molecule has 0 bridgehead atoms. The van der Waals surface area contributed by atoms with Crippen molar-refractivity contribution < 1.29 is 28.5 Å². The molecule has 0 heterocycles. The molecule has 0 aromatic heterocycles. The van der Waals surface area contributed by atoms with Gasteiger partial charge in [0.15, 0.2) is 11.5 Å². The maximum Gasteiger partial charge on any atom is 0.258 e. The number of hydrogen-bond acceptors (Lipinski definition) is 8. The van der Waals surface area contributed by atoms with E-state index >= 15 is 0 Å². The smallest absolute Gasteiger partial charge is 0.258 e. The van der Waals surface area contributed by atoms with Crippen LogP contribution in [0, 0.1) is 0 Å². The van der Waals surface area contributed by atoms with E-state index in [1.165, 1.54) is 47.5 Å². The number of carbonyl (C=O) groups is 2. The van der Waals surface area contributed by atoms with Crippen molar-refractivity contribution in [3.63, 3.8) is 0 Å². The number of hydrogen-bond donors (Lipinski definition) is 1. The van der Waals surface area contributed by atoms with Crippen molar-refractivity contribution in [2.45, 2.75) is 13.0 Å². The van der Waals surface area contributed by atoms with Crippen molar-refractivity contribution in [2.24, 2.45) is 10.2 Å². The lowest BCUT2D eigenvalue weighted by Gasteiger charge is -2.16. The first-order valence-corrected chi connectivity index (χ1v) is 9.57. The number of anilines is 1. The van der Waals surface area contributed by atoms with Gasteiger partial charge in [-0.05, 0) is 19.1 Å². The first-order valence-electron chi connectivity index (χ1n) is 8.81. The highest BCUT2D eigenvalue weighted by Crippen LogP contribution is 2.40. The van der Waals surface area contributed by atoms with Crippen LogP contribution >= 0.6 is 23.2 Å². The number of carbonyl (C=O) groups excluding carboxylic acids is 2. The Morgan fingerprint density at radius 2 is 1.61 bits per heavy atom. The van der Waals surface area contributed by atoms with Gasteiger partial charge in [-0.3, -0.25) is 9.59 Å². The predicted molar refractivity (Wildman–Crippen MR) is 117 cm³/mol. The van der Waals surface area contributed by atoms with E-state index in [9.17, 15) is 9.59 Å². The SMILES string of the molecule is COc1cc(Cl)c(OC)c(N=NC(C(C)=O)C(=O)Nc2c(OC)ccc(OC)c2Cl)c1. The van der Waals surface area contributed by atoms with E-state index < -0.39 is 17.7 Å². The summed E-state index contributed by atoms with van der Waals surface area (Å²) >= 11 is 12.4. The van der Waals surface area contributed by atoms with Crippen LogP contribution in [0.2, 0.25) is 10.0 Å². The molecule has 0 aliphatic carbocycles. The van der Waals surface area contributed by atoms with Gasteiger partial charge in [-0.2, -0.15) is 10.2 Å². The standard InChI is InChI=1S/C20H21Cl2N3O6/c1-10(26)17(25-24-13-9-11(28-2)8-12(21)19(13)31-5)20(27)23-18-15(30-4)7-6-14(29-3)16(18)22/h6-9,17H,1-5H3,(H,23,27). The van der Waals surface area contributed by atoms with Gasteiger partial charge in [0.1, 0.15) is 33.6 Å². The van der Waals surface area contributed by atoms with Gasteiger partial charge in [-0.25, -0.2) is 0 Å². The number of azo groups is 1. The summed E-state index contributed by atoms with van der Waals surface area (Å²) in [4.78, 5) is 24.9. The molecule has 1 unspecified atom stereocenters. The molecule has 166 valence electrons. The zero-order valence-corrected chi connectivity index (χ0v) is 19.0. The Hall–Kier alpha value is -3.04. The largest absolute Gasteiger partial charge is 0.497 e. The molecule has 1 amide bonds. The van der Waals surface area contributed by atoms with Crippen molar-refractivity contribution in [3.05, 3.63) is 34.3 Å². The third kappa shape index (κ3) is 5.56. The third-order valence-electron chi connectivity index (χ3n) is 4.11. The van der Waals surface area contributed by atoms with E-state index in [4.69, 9.17) is 42.1 Å². The van der Waals surface area contributed by atoms with E-state index in [1.807, 2.05) is 0 Å². The Balaban J connectivity index is 2.40. The maximum absolute atomic E-state index is 12.8. The summed E-state index contributed by atoms with van der Waals surface area (Å²) in [5, 5.41) is 10.8. The van der Waals surface area contributed by atoms with Crippen LogP contribution in [-0.4, -0.2) is 46.2 Å². The summed E-state index contributed by atoms with van der Waals surface area (Å²) in [6.45, 7) is 1.21. The molecule has 2 rings (SSSR count). The van der Waals surface area contributed by atoms with E-state index in [0.29, 0.717) is 11.5 Å². The van der Waals surface area contributed by atoms with Gasteiger partial charge in [0.05, 0.1) is 33.5 Å². The highest BCUT2D eigenvalue weighted by Gasteiger charge is 2.26. The molecule has 0 saturated carbocycles. The van der Waals surface area contributed by atoms with Gasteiger partial charge in [-0.1, -0.05) is 23.2 Å². The number of benzene rings is 2. The van der Waals surface area contributed by atoms with Gasteiger partial charge < -0.3 is 24.3 Å². The number of amides is 1. The molecule has 2 aromatic carbocycles. The molecule has 0 radical (unpaired) electrons. The molecule has 9 nitrogen and oxygen atoms in total. The molecule has 31 heavy (non-hydrogen) atoms. The van der Waals surface area contributed by atoms with Crippen LogP contribution in [0.15, 0.2) is 34.5 Å². The Morgan fingerprint density at radius 3 is 2.16 bits per heavy atom. The minimum atomic E-state index is -1.47. The highest BCUT2D eigenvalue weighted by atomic mass is 35.5. The lowest BCUT2D eigenvalue weighted by Crippen LogP contribution is -2.32. The van der Waals surface area contributed by atoms with Gasteiger partial charge in [-0.15, -0.1) is 0 Å². The Kier molecular flexibility index (Phi) is 8.47. The van der Waals surface area contributed by atoms with Crippen LogP contribution in [0.4, 0.5) is 11.4 Å². The van der Waals surface area contributed by atoms with Crippen LogP contribution in [-0.2, 0) is 9.59 Å². The number of Topliss-reactive ketones (excluding diaryl/α,β-unsaturated/α-hetero) is 1. The van der Waals surface area contributed by atoms with Crippen molar-refractivity contribution in [1.29, 1.82) is 0 Å². The Bertz CT molecular complexity index is 1010. The van der Waals surface area contributed by atoms with Crippen LogP contribution < -0.4 is 24.3 Å². The number of nitrogens with zero attached hydrogens (tertiary/aromatic N) is 2. The molecule has 0 spiro atoms. The molecule has 1 N–H and O–H groups in total. The summed E-state index contributed by atoms with van der Waals surface area (Å²) in [7, 11) is 5.70. The van der Waals surface area contributed by atoms with E-state index in [2.05, 4.69) is 15.5 Å². The lowest BCUT2D eigenvalue weighted by atomic mass is 10.2. The van der Waals surface area contributed by atoms with Gasteiger partial charge in [0.2, 0.25) is 6.04 Å². The average Bonchev–Trinajstić information content (AvgIpc) is 2.74. The average molecular weight is 470 g/mol. The van der Waals surface area contributed by atoms with Crippen molar-refractivity contribution >= 4 is 46.3 Å². The summed E-state index contributed by atoms with van der Waals surface area (Å²) in [6, 6.07) is 4.71. The fourth-order valence-electron chi connectivity index (χ4n) is 2.56. The molecule has 0 aliphatic heterocycles. The summed E-state index contributed by atoms with van der Waals surface area (Å²) in [6.07, 6.45) is 0. The zero-order valence-electron chi connectivity index (χ0n) is 17.5. The topological polar surface area (TPSA) is 108 Å². The van der Waals surface area contributed by atoms with E-state index in [-0.39, 0.29) is 32.9 Å². The number of rotatable bonds is 9. The molecule has 0 aliphatic rings. The highest BCUT2D eigenvalue weighted by molar-refractivity contribution is 6.36. The van der Waals surface area contributed by atoms with Crippen LogP contribution in [0.5, 0.6) is 23.0 Å². The first kappa shape index (κ1) is 24.2. The van der Waals surface area contributed by atoms with Gasteiger partial charge in [0.25, 0.3) is 5.91 Å². The lowest BCUT2D eigenvalue weighted by molar-refractivity contribution is -0.126. The molecule has 0 fully saturated rings. The minimum absolute atomic E-state index is 0.107. The fraction of sp³-hybridized carbons (Fsp3) is 0.300. The van der Waals surface area contributed by atoms with Gasteiger partial charge >= 0.3 is 0 Å². The normalized spacial score (nSPS) is 11.7. The Morgan fingerprint density at radius 1 is 0.968 bits per heavy atom. The second kappa shape index (κ2) is 10.8. The van der Waals surface area contributed by atoms with Crippen LogP contribution in [0.25, 0.3) is 0 Å².